The Kier molecular flexibility index (Phi) is 5.34. The number of ether oxygens (including phenoxy) is 1. The van der Waals surface area contributed by atoms with Crippen LogP contribution in [-0.2, 0) is 9.53 Å². The van der Waals surface area contributed by atoms with Crippen molar-refractivity contribution in [1.82, 2.24) is 0 Å². The maximum absolute atomic E-state index is 11.5. The van der Waals surface area contributed by atoms with Crippen LogP contribution in [0.4, 0.5) is 0 Å². The van der Waals surface area contributed by atoms with Gasteiger partial charge in [0.15, 0.2) is 5.78 Å². The highest BCUT2D eigenvalue weighted by Crippen LogP contribution is 2.22. The normalized spacial score (nSPS) is 21.2. The zero-order valence-corrected chi connectivity index (χ0v) is 10.2. The first kappa shape index (κ1) is 12.7. The highest BCUT2D eigenvalue weighted by Gasteiger charge is 2.23. The third kappa shape index (κ3) is 4.35. The van der Waals surface area contributed by atoms with Crippen molar-refractivity contribution < 1.29 is 9.53 Å². The van der Waals surface area contributed by atoms with E-state index in [-0.39, 0.29) is 11.9 Å². The first-order valence-electron chi connectivity index (χ1n) is 5.55. The lowest BCUT2D eigenvalue weighted by Crippen LogP contribution is -2.12. The zero-order chi connectivity index (χ0) is 11.3. The van der Waals surface area contributed by atoms with E-state index in [2.05, 4.69) is 13.8 Å². The van der Waals surface area contributed by atoms with Gasteiger partial charge in [0.1, 0.15) is 0 Å². The molecule has 1 aliphatic carbocycles. The molecule has 1 atom stereocenters. The molecule has 1 rings (SSSR count). The molecule has 1 aliphatic rings. The molecule has 0 aromatic heterocycles. The number of Topliss-reactive ketones (excluding diaryl/α,β-unsaturated/α-hetero) is 1. The summed E-state index contributed by atoms with van der Waals surface area (Å²) < 4.78 is 5.61. The molecule has 0 heterocycles. The molecule has 0 spiro atoms. The molecular formula is C12H19ClO2. The minimum Gasteiger partial charge on any atom is -0.373 e. The number of ketones is 1. The van der Waals surface area contributed by atoms with Gasteiger partial charge in [-0.3, -0.25) is 4.79 Å². The molecule has 1 unspecified atom stereocenters. The van der Waals surface area contributed by atoms with Gasteiger partial charge in [0.25, 0.3) is 0 Å². The fourth-order valence-electron chi connectivity index (χ4n) is 1.59. The molecule has 15 heavy (non-hydrogen) atoms. The quantitative estimate of drug-likeness (QED) is 0.656. The van der Waals surface area contributed by atoms with Crippen molar-refractivity contribution >= 4 is 17.4 Å². The lowest BCUT2D eigenvalue weighted by atomic mass is 10.1. The Morgan fingerprint density at radius 3 is 2.93 bits per heavy atom. The predicted octanol–water partition coefficient (Wildman–Crippen LogP) is 2.95. The monoisotopic (exact) mass is 230 g/mol. The van der Waals surface area contributed by atoms with Gasteiger partial charge < -0.3 is 4.74 Å². The number of alkyl halides is 1. The molecule has 0 radical (unpaired) electrons. The first-order valence-corrected chi connectivity index (χ1v) is 6.08. The standard InChI is InChI=1S/C12H19ClO2/c1-9(2)8-15-11-6-10(4-3-5-13)12(14)7-11/h6,9,11H,3-5,7-8H2,1-2H3. The van der Waals surface area contributed by atoms with Crippen LogP contribution < -0.4 is 0 Å². The second-order valence-electron chi connectivity index (χ2n) is 4.38. The average molecular weight is 231 g/mol. The topological polar surface area (TPSA) is 26.3 Å². The summed E-state index contributed by atoms with van der Waals surface area (Å²) in [5.74, 6) is 1.36. The van der Waals surface area contributed by atoms with Crippen molar-refractivity contribution in [3.8, 4) is 0 Å². The van der Waals surface area contributed by atoms with E-state index in [1.807, 2.05) is 6.08 Å². The number of rotatable bonds is 6. The van der Waals surface area contributed by atoms with E-state index < -0.39 is 0 Å². The molecule has 0 amide bonds. The molecule has 3 heteroatoms. The summed E-state index contributed by atoms with van der Waals surface area (Å²) in [5, 5.41) is 0. The number of hydrogen-bond acceptors (Lipinski definition) is 2. The van der Waals surface area contributed by atoms with Crippen molar-refractivity contribution in [3.05, 3.63) is 11.6 Å². The highest BCUT2D eigenvalue weighted by molar-refractivity contribution is 6.17. The molecular weight excluding hydrogens is 212 g/mol. The summed E-state index contributed by atoms with van der Waals surface area (Å²) in [6.07, 6.45) is 4.16. The van der Waals surface area contributed by atoms with E-state index in [0.29, 0.717) is 18.2 Å². The van der Waals surface area contributed by atoms with Gasteiger partial charge in [0.05, 0.1) is 6.10 Å². The van der Waals surface area contributed by atoms with E-state index in [0.717, 1.165) is 25.0 Å². The largest absolute Gasteiger partial charge is 0.373 e. The molecule has 0 fully saturated rings. The van der Waals surface area contributed by atoms with Crippen molar-refractivity contribution in [2.45, 2.75) is 39.2 Å². The van der Waals surface area contributed by atoms with Gasteiger partial charge >= 0.3 is 0 Å². The summed E-state index contributed by atoms with van der Waals surface area (Å²) in [5.41, 5.74) is 0.907. The predicted molar refractivity (Wildman–Crippen MR) is 62.2 cm³/mol. The fourth-order valence-corrected chi connectivity index (χ4v) is 1.73. The minimum absolute atomic E-state index is 0.00484. The van der Waals surface area contributed by atoms with E-state index >= 15 is 0 Å². The van der Waals surface area contributed by atoms with Crippen LogP contribution in [0.1, 0.15) is 33.1 Å². The zero-order valence-electron chi connectivity index (χ0n) is 9.46. The summed E-state index contributed by atoms with van der Waals surface area (Å²) in [6, 6.07) is 0. The third-order valence-electron chi connectivity index (χ3n) is 2.36. The molecule has 0 bridgehead atoms. The van der Waals surface area contributed by atoms with Crippen LogP contribution in [0.2, 0.25) is 0 Å². The Hall–Kier alpha value is -0.340. The van der Waals surface area contributed by atoms with Crippen molar-refractivity contribution in [2.24, 2.45) is 5.92 Å². The van der Waals surface area contributed by atoms with Crippen LogP contribution in [0.5, 0.6) is 0 Å². The van der Waals surface area contributed by atoms with E-state index in [1.165, 1.54) is 0 Å². The van der Waals surface area contributed by atoms with Gasteiger partial charge in [-0.25, -0.2) is 0 Å². The van der Waals surface area contributed by atoms with Gasteiger partial charge in [-0.2, -0.15) is 0 Å². The third-order valence-corrected chi connectivity index (χ3v) is 2.62. The molecule has 0 saturated heterocycles. The van der Waals surface area contributed by atoms with Crippen LogP contribution in [0.25, 0.3) is 0 Å². The lowest BCUT2D eigenvalue weighted by Gasteiger charge is -2.10. The van der Waals surface area contributed by atoms with Crippen LogP contribution in [0, 0.1) is 5.92 Å². The Labute approximate surface area is 96.6 Å². The number of halogens is 1. The summed E-state index contributed by atoms with van der Waals surface area (Å²) in [7, 11) is 0. The second kappa shape index (κ2) is 6.29. The molecule has 86 valence electrons. The van der Waals surface area contributed by atoms with Crippen LogP contribution in [0.15, 0.2) is 11.6 Å². The van der Waals surface area contributed by atoms with Gasteiger partial charge in [0.2, 0.25) is 0 Å². The Morgan fingerprint density at radius 1 is 1.60 bits per heavy atom. The minimum atomic E-state index is 0.00484. The first-order chi connectivity index (χ1) is 7.13. The summed E-state index contributed by atoms with van der Waals surface area (Å²) >= 11 is 5.60. The SMILES string of the molecule is CC(C)COC1C=C(CCCCl)C(=O)C1. The average Bonchev–Trinajstić information content (AvgIpc) is 2.53. The van der Waals surface area contributed by atoms with Crippen LogP contribution in [0.3, 0.4) is 0 Å². The van der Waals surface area contributed by atoms with Crippen molar-refractivity contribution in [1.29, 1.82) is 0 Å². The Morgan fingerprint density at radius 2 is 2.33 bits per heavy atom. The second-order valence-corrected chi connectivity index (χ2v) is 4.76. The van der Waals surface area contributed by atoms with Crippen LogP contribution in [-0.4, -0.2) is 24.4 Å². The maximum atomic E-state index is 11.5. The number of hydrogen-bond donors (Lipinski definition) is 0. The van der Waals surface area contributed by atoms with E-state index in [1.54, 1.807) is 0 Å². The Balaban J connectivity index is 2.37. The summed E-state index contributed by atoms with van der Waals surface area (Å²) in [6.45, 7) is 4.93. The molecule has 2 nitrogen and oxygen atoms in total. The summed E-state index contributed by atoms with van der Waals surface area (Å²) in [4.78, 5) is 11.5. The smallest absolute Gasteiger partial charge is 0.161 e. The number of carbonyl (C=O) groups excluding carboxylic acids is 1. The molecule has 0 aliphatic heterocycles. The van der Waals surface area contributed by atoms with E-state index in [4.69, 9.17) is 16.3 Å². The van der Waals surface area contributed by atoms with Gasteiger partial charge in [0, 0.05) is 18.9 Å². The number of allylic oxidation sites excluding steroid dienone is 1. The Bertz CT molecular complexity index is 246. The van der Waals surface area contributed by atoms with Gasteiger partial charge in [-0.05, 0) is 30.4 Å². The van der Waals surface area contributed by atoms with Crippen molar-refractivity contribution in [3.63, 3.8) is 0 Å². The molecule has 0 aromatic carbocycles. The number of carbonyl (C=O) groups is 1. The fraction of sp³-hybridized carbons (Fsp3) is 0.750. The van der Waals surface area contributed by atoms with Crippen LogP contribution >= 0.6 is 11.6 Å². The maximum Gasteiger partial charge on any atom is 0.161 e. The molecule has 0 N–H and O–H groups in total. The van der Waals surface area contributed by atoms with Crippen molar-refractivity contribution in [2.75, 3.05) is 12.5 Å². The molecule has 0 aromatic rings. The lowest BCUT2D eigenvalue weighted by molar-refractivity contribution is -0.116. The van der Waals surface area contributed by atoms with E-state index in [9.17, 15) is 4.79 Å². The van der Waals surface area contributed by atoms with Gasteiger partial charge in [-0.1, -0.05) is 13.8 Å². The molecule has 0 saturated carbocycles. The van der Waals surface area contributed by atoms with Gasteiger partial charge in [-0.15, -0.1) is 11.6 Å². The highest BCUT2D eigenvalue weighted by atomic mass is 35.5.